The van der Waals surface area contributed by atoms with Gasteiger partial charge in [-0.3, -0.25) is 4.79 Å². The molecule has 0 saturated carbocycles. The third-order valence-electron chi connectivity index (χ3n) is 4.34. The van der Waals surface area contributed by atoms with Crippen LogP contribution < -0.4 is 5.32 Å². The second-order valence-electron chi connectivity index (χ2n) is 6.82. The number of amides is 1. The summed E-state index contributed by atoms with van der Waals surface area (Å²) in [5.74, 6) is 1.64. The van der Waals surface area contributed by atoms with Gasteiger partial charge in [0.15, 0.2) is 5.13 Å². The standard InChI is InChI=1S/C18H25N5OS/c1-11(2)17(24)23-8-6-5-7-15(23)14-9-16(21-13(4)20-14)22-18-19-10-12(3)25-18/h9-11,15H,5-8H2,1-4H3,(H,19,20,21,22). The Balaban J connectivity index is 1.88. The Kier molecular flexibility index (Phi) is 5.32. The van der Waals surface area contributed by atoms with Crippen molar-refractivity contribution in [3.8, 4) is 0 Å². The molecule has 3 rings (SSSR count). The second-order valence-corrected chi connectivity index (χ2v) is 8.06. The highest BCUT2D eigenvalue weighted by molar-refractivity contribution is 7.15. The van der Waals surface area contributed by atoms with Crippen molar-refractivity contribution >= 4 is 28.2 Å². The third kappa shape index (κ3) is 4.15. The van der Waals surface area contributed by atoms with E-state index >= 15 is 0 Å². The quantitative estimate of drug-likeness (QED) is 0.893. The van der Waals surface area contributed by atoms with Crippen molar-refractivity contribution in [1.29, 1.82) is 0 Å². The van der Waals surface area contributed by atoms with Crippen LogP contribution in [-0.2, 0) is 4.79 Å². The fourth-order valence-electron chi connectivity index (χ4n) is 3.18. The first-order valence-electron chi connectivity index (χ1n) is 8.79. The van der Waals surface area contributed by atoms with E-state index in [2.05, 4.69) is 20.3 Å². The van der Waals surface area contributed by atoms with Crippen molar-refractivity contribution in [1.82, 2.24) is 19.9 Å². The smallest absolute Gasteiger partial charge is 0.225 e. The van der Waals surface area contributed by atoms with E-state index in [0.717, 1.165) is 47.3 Å². The molecule has 2 aromatic rings. The molecule has 25 heavy (non-hydrogen) atoms. The molecule has 0 bridgehead atoms. The molecule has 0 radical (unpaired) electrons. The number of piperidine rings is 1. The Bertz CT molecular complexity index is 758. The first-order chi connectivity index (χ1) is 11.9. The van der Waals surface area contributed by atoms with E-state index in [1.165, 1.54) is 0 Å². The zero-order valence-electron chi connectivity index (χ0n) is 15.2. The lowest BCUT2D eigenvalue weighted by molar-refractivity contribution is -0.138. The number of anilines is 2. The van der Waals surface area contributed by atoms with Crippen LogP contribution in [0.25, 0.3) is 0 Å². The fourth-order valence-corrected chi connectivity index (χ4v) is 3.85. The van der Waals surface area contributed by atoms with Gasteiger partial charge in [-0.1, -0.05) is 13.8 Å². The first kappa shape index (κ1) is 17.8. The monoisotopic (exact) mass is 359 g/mol. The van der Waals surface area contributed by atoms with Crippen molar-refractivity contribution in [2.24, 2.45) is 5.92 Å². The van der Waals surface area contributed by atoms with Gasteiger partial charge in [-0.05, 0) is 33.1 Å². The molecule has 6 nitrogen and oxygen atoms in total. The molecule has 134 valence electrons. The maximum absolute atomic E-state index is 12.6. The molecule has 1 fully saturated rings. The van der Waals surface area contributed by atoms with Crippen LogP contribution >= 0.6 is 11.3 Å². The molecule has 1 saturated heterocycles. The summed E-state index contributed by atoms with van der Waals surface area (Å²) in [4.78, 5) is 29.2. The molecule has 7 heteroatoms. The van der Waals surface area contributed by atoms with Gasteiger partial charge in [-0.2, -0.15) is 0 Å². The summed E-state index contributed by atoms with van der Waals surface area (Å²) in [7, 11) is 0. The Labute approximate surface area is 152 Å². The van der Waals surface area contributed by atoms with E-state index in [1.807, 2.05) is 44.9 Å². The van der Waals surface area contributed by atoms with Crippen LogP contribution in [0.3, 0.4) is 0 Å². The fraction of sp³-hybridized carbons (Fsp3) is 0.556. The molecule has 0 aliphatic carbocycles. The molecular formula is C18H25N5OS. The zero-order valence-corrected chi connectivity index (χ0v) is 16.1. The molecule has 1 N–H and O–H groups in total. The van der Waals surface area contributed by atoms with Crippen LogP contribution in [0.15, 0.2) is 12.3 Å². The van der Waals surface area contributed by atoms with E-state index in [4.69, 9.17) is 0 Å². The number of thiazole rings is 1. The minimum absolute atomic E-state index is 0.000534. The lowest BCUT2D eigenvalue weighted by Crippen LogP contribution is -2.41. The van der Waals surface area contributed by atoms with Crippen molar-refractivity contribution in [2.45, 2.75) is 53.0 Å². The maximum Gasteiger partial charge on any atom is 0.225 e. The SMILES string of the molecule is Cc1nc(Nc2ncc(C)s2)cc(C2CCCCN2C(=O)C(C)C)n1. The topological polar surface area (TPSA) is 71.0 Å². The molecule has 1 atom stereocenters. The van der Waals surface area contributed by atoms with Crippen LogP contribution in [0, 0.1) is 19.8 Å². The highest BCUT2D eigenvalue weighted by Gasteiger charge is 2.30. The average molecular weight is 359 g/mol. The predicted octanol–water partition coefficient (Wildman–Crippen LogP) is 4.00. The highest BCUT2D eigenvalue weighted by Crippen LogP contribution is 2.32. The molecule has 1 aliphatic rings. The number of aromatic nitrogens is 3. The van der Waals surface area contributed by atoms with Crippen molar-refractivity contribution < 1.29 is 4.79 Å². The minimum atomic E-state index is -0.000534. The second kappa shape index (κ2) is 7.47. The summed E-state index contributed by atoms with van der Waals surface area (Å²) in [5, 5.41) is 4.08. The Morgan fingerprint density at radius 2 is 2.12 bits per heavy atom. The summed E-state index contributed by atoms with van der Waals surface area (Å²) in [6, 6.07) is 1.99. The van der Waals surface area contributed by atoms with Crippen molar-refractivity contribution in [2.75, 3.05) is 11.9 Å². The van der Waals surface area contributed by atoms with Crippen LogP contribution in [0.1, 0.15) is 55.5 Å². The third-order valence-corrected chi connectivity index (χ3v) is 5.16. The summed E-state index contributed by atoms with van der Waals surface area (Å²) in [6.45, 7) is 8.63. The number of hydrogen-bond acceptors (Lipinski definition) is 6. The number of carbonyl (C=O) groups excluding carboxylic acids is 1. The summed E-state index contributed by atoms with van der Waals surface area (Å²) in [6.07, 6.45) is 4.96. The Hall–Kier alpha value is -2.02. The van der Waals surface area contributed by atoms with Crippen LogP contribution in [0.4, 0.5) is 10.9 Å². The molecule has 1 amide bonds. The lowest BCUT2D eigenvalue weighted by atomic mass is 9.97. The number of carbonyl (C=O) groups is 1. The average Bonchev–Trinajstić information content (AvgIpc) is 2.98. The number of likely N-dealkylation sites (tertiary alicyclic amines) is 1. The number of nitrogens with zero attached hydrogens (tertiary/aromatic N) is 4. The van der Waals surface area contributed by atoms with Gasteiger partial charge in [0.2, 0.25) is 5.91 Å². The minimum Gasteiger partial charge on any atom is -0.334 e. The van der Waals surface area contributed by atoms with E-state index in [9.17, 15) is 4.79 Å². The number of nitrogens with one attached hydrogen (secondary N) is 1. The molecule has 2 aromatic heterocycles. The molecule has 1 aliphatic heterocycles. The largest absolute Gasteiger partial charge is 0.334 e. The van der Waals surface area contributed by atoms with Gasteiger partial charge in [0.05, 0.1) is 11.7 Å². The van der Waals surface area contributed by atoms with E-state index in [1.54, 1.807) is 11.3 Å². The lowest BCUT2D eigenvalue weighted by Gasteiger charge is -2.36. The van der Waals surface area contributed by atoms with Gasteiger partial charge < -0.3 is 10.2 Å². The van der Waals surface area contributed by atoms with E-state index < -0.39 is 0 Å². The van der Waals surface area contributed by atoms with Crippen LogP contribution in [0.2, 0.25) is 0 Å². The van der Waals surface area contributed by atoms with Crippen LogP contribution in [-0.4, -0.2) is 32.3 Å². The van der Waals surface area contributed by atoms with Gasteiger partial charge in [0.25, 0.3) is 0 Å². The summed E-state index contributed by atoms with van der Waals surface area (Å²) >= 11 is 1.59. The molecular weight excluding hydrogens is 334 g/mol. The maximum atomic E-state index is 12.6. The molecule has 0 spiro atoms. The van der Waals surface area contributed by atoms with Gasteiger partial charge in [-0.25, -0.2) is 15.0 Å². The predicted molar refractivity (Wildman–Crippen MR) is 100 cm³/mol. The van der Waals surface area contributed by atoms with Gasteiger partial charge >= 0.3 is 0 Å². The van der Waals surface area contributed by atoms with E-state index in [-0.39, 0.29) is 17.9 Å². The zero-order chi connectivity index (χ0) is 18.0. The van der Waals surface area contributed by atoms with Gasteiger partial charge in [0.1, 0.15) is 11.6 Å². The van der Waals surface area contributed by atoms with Crippen molar-refractivity contribution in [3.05, 3.63) is 28.7 Å². The summed E-state index contributed by atoms with van der Waals surface area (Å²) < 4.78 is 0. The Morgan fingerprint density at radius 1 is 1.32 bits per heavy atom. The van der Waals surface area contributed by atoms with Crippen molar-refractivity contribution in [3.63, 3.8) is 0 Å². The number of hydrogen-bond donors (Lipinski definition) is 1. The van der Waals surface area contributed by atoms with Crippen LogP contribution in [0.5, 0.6) is 0 Å². The van der Waals surface area contributed by atoms with Gasteiger partial charge in [-0.15, -0.1) is 11.3 Å². The normalized spacial score (nSPS) is 17.8. The highest BCUT2D eigenvalue weighted by atomic mass is 32.1. The molecule has 3 heterocycles. The first-order valence-corrected chi connectivity index (χ1v) is 9.61. The molecule has 1 unspecified atom stereocenters. The Morgan fingerprint density at radius 3 is 2.80 bits per heavy atom. The number of aryl methyl sites for hydroxylation is 2. The number of rotatable bonds is 4. The summed E-state index contributed by atoms with van der Waals surface area (Å²) in [5.41, 5.74) is 0.914. The van der Waals surface area contributed by atoms with Gasteiger partial charge in [0, 0.05) is 29.6 Å². The van der Waals surface area contributed by atoms with E-state index in [0.29, 0.717) is 5.82 Å². The molecule has 0 aromatic carbocycles.